The Morgan fingerprint density at radius 3 is 2.44 bits per heavy atom. The summed E-state index contributed by atoms with van der Waals surface area (Å²) < 4.78 is 25.1. The maximum atomic E-state index is 13.9. The number of ether oxygens (including phenoxy) is 4. The summed E-state index contributed by atoms with van der Waals surface area (Å²) in [7, 11) is 0. The van der Waals surface area contributed by atoms with E-state index in [-0.39, 0.29) is 41.9 Å². The molecule has 52 heavy (non-hydrogen) atoms. The molecular weight excluding hydrogens is 690 g/mol. The summed E-state index contributed by atoms with van der Waals surface area (Å²) in [4.78, 5) is 54.0. The zero-order valence-electron chi connectivity index (χ0n) is 29.1. The lowest BCUT2D eigenvalue weighted by molar-refractivity contribution is -0.166. The maximum absolute atomic E-state index is 13.9. The lowest BCUT2D eigenvalue weighted by Crippen LogP contribution is -2.38. The number of hydrogen-bond donors (Lipinski definition) is 2. The molecule has 272 valence electrons. The van der Waals surface area contributed by atoms with Crippen LogP contribution >= 0.6 is 11.6 Å². The molecule has 2 aliphatic heterocycles. The van der Waals surface area contributed by atoms with Crippen molar-refractivity contribution in [2.24, 2.45) is 5.92 Å². The minimum absolute atomic E-state index is 0.0386. The Hall–Kier alpha value is -4.85. The van der Waals surface area contributed by atoms with Gasteiger partial charge in [-0.1, -0.05) is 29.8 Å². The Morgan fingerprint density at radius 2 is 1.71 bits per heavy atom. The summed E-state index contributed by atoms with van der Waals surface area (Å²) in [5, 5.41) is 13.1. The number of anilines is 2. The minimum Gasteiger partial charge on any atom is -0.459 e. The van der Waals surface area contributed by atoms with Crippen molar-refractivity contribution in [2.45, 2.75) is 39.4 Å². The van der Waals surface area contributed by atoms with Gasteiger partial charge in [0.2, 0.25) is 12.2 Å². The second kappa shape index (κ2) is 16.2. The molecule has 0 saturated carbocycles. The first-order valence-corrected chi connectivity index (χ1v) is 17.5. The molecule has 0 bridgehead atoms. The van der Waals surface area contributed by atoms with Crippen LogP contribution in [0.1, 0.15) is 62.8 Å². The number of rotatable bonds is 14. The van der Waals surface area contributed by atoms with Crippen LogP contribution in [-0.2, 0) is 23.7 Å². The van der Waals surface area contributed by atoms with E-state index in [0.717, 1.165) is 21.4 Å². The Kier molecular flexibility index (Phi) is 11.5. The number of nitrogens with one attached hydrogen (secondary N) is 1. The van der Waals surface area contributed by atoms with Gasteiger partial charge < -0.3 is 29.4 Å². The number of carbonyl (C=O) groups excluding carboxylic acids is 4. The molecule has 2 N–H and O–H groups in total. The summed E-state index contributed by atoms with van der Waals surface area (Å²) >= 11 is 6.08. The van der Waals surface area contributed by atoms with Crippen molar-refractivity contribution in [3.8, 4) is 0 Å². The van der Waals surface area contributed by atoms with Crippen molar-refractivity contribution >= 4 is 57.5 Å². The molecular formula is C39H40ClN3O9. The number of halogens is 1. The van der Waals surface area contributed by atoms with Gasteiger partial charge in [-0.25, -0.2) is 4.90 Å². The van der Waals surface area contributed by atoms with E-state index in [1.807, 2.05) is 37.4 Å². The summed E-state index contributed by atoms with van der Waals surface area (Å²) in [5.74, 6) is -2.26. The number of aromatic nitrogens is 1. The van der Waals surface area contributed by atoms with Crippen LogP contribution in [0.5, 0.6) is 0 Å². The van der Waals surface area contributed by atoms with Crippen LogP contribution in [0, 0.1) is 12.8 Å². The standard InChI is InChI=1S/C39H40ClN3O9/c1-4-51-39-29(13-15-49-17-18-50-16-14-44)30(32-22-42(24(3)45)34-8-6-5-7-27(32)34)21-35(52-39)36(46)41-26-10-12-33(23(2)19-26)43-37(47)28-11-9-25(40)20-31(28)38(43)48/h5-12,19-22,29-30,39,44H,4,13-18H2,1-3H3,(H,41,46)/t29-,30+,39-/m1/s1. The lowest BCUT2D eigenvalue weighted by atomic mass is 9.81. The Morgan fingerprint density at radius 1 is 0.962 bits per heavy atom. The molecule has 0 fully saturated rings. The molecule has 12 nitrogen and oxygen atoms in total. The van der Waals surface area contributed by atoms with Gasteiger partial charge in [-0.3, -0.25) is 23.7 Å². The highest BCUT2D eigenvalue weighted by atomic mass is 35.5. The van der Waals surface area contributed by atoms with E-state index in [1.165, 1.54) is 19.1 Å². The molecule has 3 aromatic carbocycles. The van der Waals surface area contributed by atoms with Crippen molar-refractivity contribution in [3.63, 3.8) is 0 Å². The highest BCUT2D eigenvalue weighted by molar-refractivity contribution is 6.37. The van der Waals surface area contributed by atoms with E-state index in [1.54, 1.807) is 41.8 Å². The number of hydrogen-bond acceptors (Lipinski definition) is 9. The van der Waals surface area contributed by atoms with Crippen molar-refractivity contribution in [3.05, 3.63) is 106 Å². The highest BCUT2D eigenvalue weighted by Crippen LogP contribution is 2.42. The van der Waals surface area contributed by atoms with Crippen molar-refractivity contribution < 1.29 is 43.2 Å². The molecule has 3 amide bonds. The Balaban J connectivity index is 1.28. The molecule has 1 aromatic heterocycles. The van der Waals surface area contributed by atoms with Crippen molar-refractivity contribution in [1.82, 2.24) is 4.57 Å². The molecule has 4 aromatic rings. The molecule has 13 heteroatoms. The van der Waals surface area contributed by atoms with Gasteiger partial charge in [0, 0.05) is 54.3 Å². The van der Waals surface area contributed by atoms with Gasteiger partial charge in [0.25, 0.3) is 17.7 Å². The average Bonchev–Trinajstić information content (AvgIpc) is 3.63. The van der Waals surface area contributed by atoms with E-state index in [2.05, 4.69) is 5.32 Å². The van der Waals surface area contributed by atoms with Crippen LogP contribution in [0.15, 0.2) is 78.7 Å². The number of aliphatic hydroxyl groups excluding tert-OH is 1. The number of aryl methyl sites for hydroxylation is 1. The van der Waals surface area contributed by atoms with Crippen LogP contribution in [0.3, 0.4) is 0 Å². The fourth-order valence-electron chi connectivity index (χ4n) is 6.74. The van der Waals surface area contributed by atoms with E-state index in [9.17, 15) is 19.2 Å². The number of amides is 3. The largest absolute Gasteiger partial charge is 0.459 e. The summed E-state index contributed by atoms with van der Waals surface area (Å²) in [6, 6.07) is 17.1. The number of nitrogens with zero attached hydrogens (tertiary/aromatic N) is 2. The normalized spacial score (nSPS) is 18.4. The maximum Gasteiger partial charge on any atom is 0.290 e. The van der Waals surface area contributed by atoms with Gasteiger partial charge in [0.15, 0.2) is 5.76 Å². The number of para-hydroxylation sites is 1. The number of allylic oxidation sites excluding steroid dienone is 1. The zero-order valence-corrected chi connectivity index (χ0v) is 29.9. The molecule has 3 atom stereocenters. The van der Waals surface area contributed by atoms with Gasteiger partial charge >= 0.3 is 0 Å². The molecule has 0 unspecified atom stereocenters. The van der Waals surface area contributed by atoms with Crippen molar-refractivity contribution in [1.29, 1.82) is 0 Å². The number of imide groups is 1. The second-order valence-corrected chi connectivity index (χ2v) is 12.9. The first-order chi connectivity index (χ1) is 25.1. The van der Waals surface area contributed by atoms with Gasteiger partial charge in [-0.15, -0.1) is 0 Å². The van der Waals surface area contributed by atoms with Crippen LogP contribution in [0.2, 0.25) is 5.02 Å². The molecule has 0 saturated heterocycles. The average molecular weight is 730 g/mol. The van der Waals surface area contributed by atoms with Crippen LogP contribution < -0.4 is 10.2 Å². The quantitative estimate of drug-likeness (QED) is 0.116. The molecule has 3 heterocycles. The fraction of sp³-hybridized carbons (Fsp3) is 0.333. The molecule has 6 rings (SSSR count). The van der Waals surface area contributed by atoms with E-state index in [0.29, 0.717) is 54.8 Å². The van der Waals surface area contributed by atoms with E-state index < -0.39 is 29.9 Å². The smallest absolute Gasteiger partial charge is 0.290 e. The first-order valence-electron chi connectivity index (χ1n) is 17.1. The summed E-state index contributed by atoms with van der Waals surface area (Å²) in [6.07, 6.45) is 3.26. The zero-order chi connectivity index (χ0) is 36.9. The predicted molar refractivity (Wildman–Crippen MR) is 195 cm³/mol. The third-order valence-corrected chi connectivity index (χ3v) is 9.36. The molecule has 0 radical (unpaired) electrons. The summed E-state index contributed by atoms with van der Waals surface area (Å²) in [6.45, 7) is 6.60. The SMILES string of the molecule is CCO[C@@H]1OC(C(=O)Nc2ccc(N3C(=O)c4ccc(Cl)cc4C3=O)c(C)c2)=C[C@H](c2cn(C(C)=O)c3ccccc23)[C@H]1CCOCCOCCO. The number of fused-ring (bicyclic) bond motifs is 2. The Bertz CT molecular complexity index is 2040. The number of aliphatic hydroxyl groups is 1. The van der Waals surface area contributed by atoms with Gasteiger partial charge in [0.1, 0.15) is 0 Å². The number of benzene rings is 3. The third kappa shape index (κ3) is 7.52. The van der Waals surface area contributed by atoms with Crippen LogP contribution in [0.4, 0.5) is 11.4 Å². The van der Waals surface area contributed by atoms with Crippen LogP contribution in [0.25, 0.3) is 10.9 Å². The minimum atomic E-state index is -0.819. The van der Waals surface area contributed by atoms with Gasteiger partial charge in [-0.2, -0.15) is 0 Å². The van der Waals surface area contributed by atoms with E-state index >= 15 is 0 Å². The molecule has 2 aliphatic rings. The fourth-order valence-corrected chi connectivity index (χ4v) is 6.91. The van der Waals surface area contributed by atoms with Crippen molar-refractivity contribution in [2.75, 3.05) is 49.9 Å². The highest BCUT2D eigenvalue weighted by Gasteiger charge is 2.40. The Labute approximate surface area is 305 Å². The predicted octanol–water partition coefficient (Wildman–Crippen LogP) is 6.09. The van der Waals surface area contributed by atoms with Crippen LogP contribution in [-0.4, -0.2) is 79.2 Å². The lowest BCUT2D eigenvalue weighted by Gasteiger charge is -2.36. The second-order valence-electron chi connectivity index (χ2n) is 12.5. The summed E-state index contributed by atoms with van der Waals surface area (Å²) in [5.41, 5.74) is 3.48. The van der Waals surface area contributed by atoms with E-state index in [4.69, 9.17) is 35.7 Å². The molecule has 0 spiro atoms. The number of carbonyl (C=O) groups is 4. The monoisotopic (exact) mass is 729 g/mol. The first kappa shape index (κ1) is 36.9. The third-order valence-electron chi connectivity index (χ3n) is 9.13. The topological polar surface area (TPSA) is 146 Å². The molecule has 0 aliphatic carbocycles. The van der Waals surface area contributed by atoms with Gasteiger partial charge in [-0.05, 0) is 79.9 Å². The van der Waals surface area contributed by atoms with Gasteiger partial charge in [0.05, 0.1) is 48.8 Å².